The molecule has 0 atom stereocenters. The summed E-state index contributed by atoms with van der Waals surface area (Å²) in [6, 6.07) is 7.97. The quantitative estimate of drug-likeness (QED) is 0.891. The van der Waals surface area contributed by atoms with Crippen molar-refractivity contribution in [2.24, 2.45) is 0 Å². The van der Waals surface area contributed by atoms with E-state index in [0.717, 1.165) is 37.2 Å². The molecule has 0 bridgehead atoms. The van der Waals surface area contributed by atoms with E-state index in [4.69, 9.17) is 4.74 Å². The van der Waals surface area contributed by atoms with Crippen molar-refractivity contribution >= 4 is 5.91 Å². The first-order valence-corrected chi connectivity index (χ1v) is 8.16. The highest BCUT2D eigenvalue weighted by Gasteiger charge is 2.20. The molecule has 2 aromatic rings. The van der Waals surface area contributed by atoms with E-state index < -0.39 is 0 Å². The number of carbonyl (C=O) groups excluding carboxylic acids is 1. The smallest absolute Gasteiger partial charge is 0.273 e. The molecule has 1 amide bonds. The lowest BCUT2D eigenvalue weighted by Crippen LogP contribution is -2.43. The molecule has 1 aliphatic heterocycles. The van der Waals surface area contributed by atoms with Gasteiger partial charge in [-0.05, 0) is 50.7 Å². The number of hydrogen-bond donors (Lipinski definition) is 1. The highest BCUT2D eigenvalue weighted by atomic mass is 16.5. The van der Waals surface area contributed by atoms with E-state index in [2.05, 4.69) is 27.6 Å². The zero-order valence-corrected chi connectivity index (χ0v) is 14.1. The number of piperidine rings is 1. The monoisotopic (exact) mass is 329 g/mol. The summed E-state index contributed by atoms with van der Waals surface area (Å²) in [5.74, 6) is 0.668. The number of nitrogens with zero attached hydrogens (tertiary/aromatic N) is 4. The van der Waals surface area contributed by atoms with Crippen LogP contribution < -0.4 is 10.1 Å². The van der Waals surface area contributed by atoms with Gasteiger partial charge >= 0.3 is 0 Å². The van der Waals surface area contributed by atoms with Crippen LogP contribution in [-0.2, 0) is 6.54 Å². The number of benzene rings is 1. The van der Waals surface area contributed by atoms with Gasteiger partial charge in [0.15, 0.2) is 5.69 Å². The van der Waals surface area contributed by atoms with Crippen molar-refractivity contribution in [3.63, 3.8) is 0 Å². The number of likely N-dealkylation sites (tertiary alicyclic amines) is 1. The number of nitrogens with one attached hydrogen (secondary N) is 1. The summed E-state index contributed by atoms with van der Waals surface area (Å²) in [6.45, 7) is 2.59. The zero-order valence-electron chi connectivity index (χ0n) is 14.1. The van der Waals surface area contributed by atoms with Gasteiger partial charge in [-0.3, -0.25) is 4.79 Å². The number of carbonyl (C=O) groups is 1. The van der Waals surface area contributed by atoms with E-state index in [1.807, 2.05) is 24.3 Å². The molecule has 0 saturated carbocycles. The Morgan fingerprint density at radius 2 is 2.00 bits per heavy atom. The van der Waals surface area contributed by atoms with Gasteiger partial charge < -0.3 is 15.0 Å². The fraction of sp³-hybridized carbons (Fsp3) is 0.471. The Hall–Kier alpha value is -2.41. The second kappa shape index (κ2) is 7.44. The summed E-state index contributed by atoms with van der Waals surface area (Å²) in [4.78, 5) is 14.6. The maximum absolute atomic E-state index is 12.3. The Labute approximate surface area is 141 Å². The highest BCUT2D eigenvalue weighted by molar-refractivity contribution is 5.92. The van der Waals surface area contributed by atoms with Crippen LogP contribution in [0.15, 0.2) is 30.5 Å². The average Bonchev–Trinajstić information content (AvgIpc) is 3.06. The second-order valence-corrected chi connectivity index (χ2v) is 6.20. The molecule has 0 spiro atoms. The fourth-order valence-corrected chi connectivity index (χ4v) is 2.81. The van der Waals surface area contributed by atoms with Crippen molar-refractivity contribution < 1.29 is 9.53 Å². The number of hydrogen-bond acceptors (Lipinski definition) is 5. The minimum absolute atomic E-state index is 0.148. The van der Waals surface area contributed by atoms with Crippen molar-refractivity contribution in [1.82, 2.24) is 25.2 Å². The molecule has 24 heavy (non-hydrogen) atoms. The molecule has 1 aliphatic rings. The number of amides is 1. The maximum atomic E-state index is 12.3. The van der Waals surface area contributed by atoms with Gasteiger partial charge in [0, 0.05) is 6.04 Å². The summed E-state index contributed by atoms with van der Waals surface area (Å²) in [7, 11) is 3.74. The van der Waals surface area contributed by atoms with Crippen molar-refractivity contribution in [3.8, 4) is 5.75 Å². The Kier molecular flexibility index (Phi) is 5.10. The van der Waals surface area contributed by atoms with E-state index in [9.17, 15) is 4.79 Å². The molecule has 128 valence electrons. The molecule has 2 heterocycles. The molecule has 3 rings (SSSR count). The Bertz CT molecular complexity index is 675. The second-order valence-electron chi connectivity index (χ2n) is 6.20. The lowest BCUT2D eigenvalue weighted by molar-refractivity contribution is 0.0911. The normalized spacial score (nSPS) is 16.1. The van der Waals surface area contributed by atoms with E-state index in [1.165, 1.54) is 0 Å². The van der Waals surface area contributed by atoms with Crippen LogP contribution in [0, 0.1) is 0 Å². The lowest BCUT2D eigenvalue weighted by Gasteiger charge is -2.29. The first-order chi connectivity index (χ1) is 11.6. The predicted octanol–water partition coefficient (Wildman–Crippen LogP) is 1.16. The molecular formula is C17H23N5O2. The summed E-state index contributed by atoms with van der Waals surface area (Å²) in [6.07, 6.45) is 3.64. The molecule has 1 aromatic heterocycles. The molecule has 7 nitrogen and oxygen atoms in total. The van der Waals surface area contributed by atoms with Crippen molar-refractivity contribution in [2.45, 2.75) is 25.4 Å². The molecular weight excluding hydrogens is 306 g/mol. The minimum atomic E-state index is -0.148. The van der Waals surface area contributed by atoms with Crippen LogP contribution in [0.3, 0.4) is 0 Å². The number of methoxy groups -OCH3 is 1. The SMILES string of the molecule is COc1ccc(Cn2cc(C(=O)NC3CCN(C)CC3)nn2)cc1. The van der Waals surface area contributed by atoms with Crippen LogP contribution in [0.1, 0.15) is 28.9 Å². The van der Waals surface area contributed by atoms with Gasteiger partial charge in [-0.25, -0.2) is 4.68 Å². The molecule has 7 heteroatoms. The zero-order chi connectivity index (χ0) is 16.9. The van der Waals surface area contributed by atoms with Gasteiger partial charge in [0.1, 0.15) is 5.75 Å². The number of rotatable bonds is 5. The molecule has 0 aliphatic carbocycles. The van der Waals surface area contributed by atoms with Crippen molar-refractivity contribution in [3.05, 3.63) is 41.7 Å². The van der Waals surface area contributed by atoms with Crippen LogP contribution in [0.25, 0.3) is 0 Å². The summed E-state index contributed by atoms with van der Waals surface area (Å²) >= 11 is 0. The lowest BCUT2D eigenvalue weighted by atomic mass is 10.1. The van der Waals surface area contributed by atoms with Gasteiger partial charge in [0.25, 0.3) is 5.91 Å². The third-order valence-corrected chi connectivity index (χ3v) is 4.33. The van der Waals surface area contributed by atoms with E-state index in [-0.39, 0.29) is 11.9 Å². The molecule has 1 aromatic carbocycles. The van der Waals surface area contributed by atoms with Crippen LogP contribution >= 0.6 is 0 Å². The Morgan fingerprint density at radius 3 is 2.67 bits per heavy atom. The van der Waals surface area contributed by atoms with Gasteiger partial charge in [-0.2, -0.15) is 0 Å². The standard InChI is InChI=1S/C17H23N5O2/c1-21-9-7-14(8-10-21)18-17(23)16-12-22(20-19-16)11-13-3-5-15(24-2)6-4-13/h3-6,12,14H,7-11H2,1-2H3,(H,18,23). The summed E-state index contributed by atoms with van der Waals surface area (Å²) in [5.41, 5.74) is 1.44. The van der Waals surface area contributed by atoms with Crippen LogP contribution in [0.5, 0.6) is 5.75 Å². The van der Waals surface area contributed by atoms with Crippen molar-refractivity contribution in [2.75, 3.05) is 27.2 Å². The van der Waals surface area contributed by atoms with Gasteiger partial charge in [-0.1, -0.05) is 17.3 Å². The Morgan fingerprint density at radius 1 is 1.29 bits per heavy atom. The van der Waals surface area contributed by atoms with E-state index >= 15 is 0 Å². The summed E-state index contributed by atoms with van der Waals surface area (Å²) in [5, 5.41) is 11.1. The fourth-order valence-electron chi connectivity index (χ4n) is 2.81. The average molecular weight is 329 g/mol. The molecule has 0 radical (unpaired) electrons. The molecule has 1 saturated heterocycles. The first kappa shape index (κ1) is 16.4. The van der Waals surface area contributed by atoms with E-state index in [0.29, 0.717) is 12.2 Å². The third kappa shape index (κ3) is 4.11. The largest absolute Gasteiger partial charge is 0.497 e. The predicted molar refractivity (Wildman–Crippen MR) is 90.1 cm³/mol. The van der Waals surface area contributed by atoms with Crippen LogP contribution in [0.2, 0.25) is 0 Å². The summed E-state index contributed by atoms with van der Waals surface area (Å²) < 4.78 is 6.82. The number of aromatic nitrogens is 3. The maximum Gasteiger partial charge on any atom is 0.273 e. The van der Waals surface area contributed by atoms with Crippen LogP contribution in [-0.4, -0.2) is 59.1 Å². The highest BCUT2D eigenvalue weighted by Crippen LogP contribution is 2.12. The minimum Gasteiger partial charge on any atom is -0.497 e. The van der Waals surface area contributed by atoms with Gasteiger partial charge in [-0.15, -0.1) is 5.10 Å². The Balaban J connectivity index is 1.57. The number of ether oxygens (including phenoxy) is 1. The van der Waals surface area contributed by atoms with Crippen LogP contribution in [0.4, 0.5) is 0 Å². The topological polar surface area (TPSA) is 72.3 Å². The van der Waals surface area contributed by atoms with Gasteiger partial charge in [0.05, 0.1) is 19.9 Å². The van der Waals surface area contributed by atoms with Gasteiger partial charge in [0.2, 0.25) is 0 Å². The van der Waals surface area contributed by atoms with E-state index in [1.54, 1.807) is 18.0 Å². The molecule has 1 N–H and O–H groups in total. The molecule has 0 unspecified atom stereocenters. The third-order valence-electron chi connectivity index (χ3n) is 4.33. The molecule has 1 fully saturated rings. The first-order valence-electron chi connectivity index (χ1n) is 8.16. The van der Waals surface area contributed by atoms with Crippen molar-refractivity contribution in [1.29, 1.82) is 0 Å².